The van der Waals surface area contributed by atoms with Crippen molar-refractivity contribution in [3.63, 3.8) is 0 Å². The normalized spacial score (nSPS) is 10.1. The molecule has 0 aliphatic heterocycles. The predicted octanol–water partition coefficient (Wildman–Crippen LogP) is 2.59. The summed E-state index contributed by atoms with van der Waals surface area (Å²) in [5.41, 5.74) is 2.29. The molecule has 0 atom stereocenters. The summed E-state index contributed by atoms with van der Waals surface area (Å²) in [4.78, 5) is 11.5. The van der Waals surface area contributed by atoms with E-state index in [9.17, 15) is 4.79 Å². The molecule has 0 saturated heterocycles. The van der Waals surface area contributed by atoms with Crippen LogP contribution in [0.4, 0.5) is 4.79 Å². The quantitative estimate of drug-likeness (QED) is 0.868. The molecule has 0 aliphatic rings. The summed E-state index contributed by atoms with van der Waals surface area (Å²) in [5.74, 6) is 0.737. The number of furan rings is 1. The first-order chi connectivity index (χ1) is 8.74. The van der Waals surface area contributed by atoms with E-state index in [4.69, 9.17) is 4.42 Å². The third kappa shape index (κ3) is 3.66. The van der Waals surface area contributed by atoms with Gasteiger partial charge in [0.25, 0.3) is 0 Å². The Bertz CT molecular complexity index is 489. The van der Waals surface area contributed by atoms with Crippen molar-refractivity contribution in [2.75, 3.05) is 0 Å². The molecule has 0 aliphatic carbocycles. The predicted molar refractivity (Wildman–Crippen MR) is 69.0 cm³/mol. The Morgan fingerprint density at radius 3 is 2.50 bits per heavy atom. The molecule has 1 heterocycles. The Morgan fingerprint density at radius 2 is 1.83 bits per heavy atom. The molecule has 0 saturated carbocycles. The molecule has 2 rings (SSSR count). The van der Waals surface area contributed by atoms with Crippen LogP contribution in [-0.2, 0) is 13.1 Å². The van der Waals surface area contributed by atoms with E-state index in [-0.39, 0.29) is 6.03 Å². The average Bonchev–Trinajstić information content (AvgIpc) is 2.89. The van der Waals surface area contributed by atoms with Gasteiger partial charge in [-0.05, 0) is 24.6 Å². The molecule has 94 valence electrons. The molecule has 2 amide bonds. The van der Waals surface area contributed by atoms with Crippen molar-refractivity contribution in [1.29, 1.82) is 0 Å². The van der Waals surface area contributed by atoms with E-state index in [0.717, 1.165) is 11.3 Å². The Balaban J connectivity index is 1.73. The first-order valence-electron chi connectivity index (χ1n) is 5.83. The molecule has 0 spiro atoms. The number of hydrogen-bond acceptors (Lipinski definition) is 2. The SMILES string of the molecule is Cc1ccc(CNC(=O)NCc2ccco2)cc1. The van der Waals surface area contributed by atoms with Gasteiger partial charge in [0.2, 0.25) is 0 Å². The summed E-state index contributed by atoms with van der Waals surface area (Å²) in [6.07, 6.45) is 1.58. The van der Waals surface area contributed by atoms with Gasteiger partial charge >= 0.3 is 6.03 Å². The molecule has 4 heteroatoms. The van der Waals surface area contributed by atoms with E-state index < -0.39 is 0 Å². The van der Waals surface area contributed by atoms with E-state index in [1.54, 1.807) is 12.3 Å². The number of urea groups is 1. The highest BCUT2D eigenvalue weighted by Crippen LogP contribution is 2.02. The third-order valence-electron chi connectivity index (χ3n) is 2.58. The van der Waals surface area contributed by atoms with E-state index >= 15 is 0 Å². The van der Waals surface area contributed by atoms with Gasteiger partial charge in [-0.1, -0.05) is 29.8 Å². The number of carbonyl (C=O) groups is 1. The smallest absolute Gasteiger partial charge is 0.315 e. The molecule has 2 aromatic rings. The van der Waals surface area contributed by atoms with Crippen molar-refractivity contribution in [2.45, 2.75) is 20.0 Å². The van der Waals surface area contributed by atoms with E-state index in [0.29, 0.717) is 13.1 Å². The Morgan fingerprint density at radius 1 is 1.11 bits per heavy atom. The highest BCUT2D eigenvalue weighted by Gasteiger charge is 2.01. The Hall–Kier alpha value is -2.23. The minimum absolute atomic E-state index is 0.202. The fourth-order valence-electron chi connectivity index (χ4n) is 1.53. The first-order valence-corrected chi connectivity index (χ1v) is 5.83. The lowest BCUT2D eigenvalue weighted by Crippen LogP contribution is -2.34. The van der Waals surface area contributed by atoms with Crippen LogP contribution in [0, 0.1) is 6.92 Å². The average molecular weight is 244 g/mol. The zero-order valence-electron chi connectivity index (χ0n) is 10.3. The molecule has 4 nitrogen and oxygen atoms in total. The number of benzene rings is 1. The Labute approximate surface area is 106 Å². The standard InChI is InChI=1S/C14H16N2O2/c1-11-4-6-12(7-5-11)9-15-14(17)16-10-13-3-2-8-18-13/h2-8H,9-10H2,1H3,(H2,15,16,17). The largest absolute Gasteiger partial charge is 0.467 e. The van der Waals surface area contributed by atoms with Gasteiger partial charge in [0.05, 0.1) is 12.8 Å². The molecule has 2 N–H and O–H groups in total. The summed E-state index contributed by atoms with van der Waals surface area (Å²) in [5, 5.41) is 5.51. The zero-order valence-corrected chi connectivity index (χ0v) is 10.3. The van der Waals surface area contributed by atoms with Crippen LogP contribution in [0.15, 0.2) is 47.1 Å². The monoisotopic (exact) mass is 244 g/mol. The van der Waals surface area contributed by atoms with Crippen molar-refractivity contribution >= 4 is 6.03 Å². The van der Waals surface area contributed by atoms with Crippen LogP contribution >= 0.6 is 0 Å². The van der Waals surface area contributed by atoms with Crippen molar-refractivity contribution in [1.82, 2.24) is 10.6 Å². The molecule has 0 fully saturated rings. The van der Waals surface area contributed by atoms with Crippen molar-refractivity contribution in [3.8, 4) is 0 Å². The van der Waals surface area contributed by atoms with Gasteiger partial charge in [0.15, 0.2) is 0 Å². The summed E-state index contributed by atoms with van der Waals surface area (Å²) in [6, 6.07) is 11.5. The van der Waals surface area contributed by atoms with Crippen molar-refractivity contribution < 1.29 is 9.21 Å². The third-order valence-corrected chi connectivity index (χ3v) is 2.58. The van der Waals surface area contributed by atoms with Crippen LogP contribution in [0.25, 0.3) is 0 Å². The highest BCUT2D eigenvalue weighted by atomic mass is 16.3. The van der Waals surface area contributed by atoms with Gasteiger partial charge in [-0.3, -0.25) is 0 Å². The van der Waals surface area contributed by atoms with E-state index in [1.807, 2.05) is 37.3 Å². The fourth-order valence-corrected chi connectivity index (χ4v) is 1.53. The molecule has 0 unspecified atom stereocenters. The van der Waals surface area contributed by atoms with Crippen molar-refractivity contribution in [2.24, 2.45) is 0 Å². The van der Waals surface area contributed by atoms with E-state index in [2.05, 4.69) is 10.6 Å². The molecular weight excluding hydrogens is 228 g/mol. The highest BCUT2D eigenvalue weighted by molar-refractivity contribution is 5.73. The second-order valence-corrected chi connectivity index (χ2v) is 4.10. The Kier molecular flexibility index (Phi) is 4.02. The van der Waals surface area contributed by atoms with Gasteiger partial charge in [-0.15, -0.1) is 0 Å². The van der Waals surface area contributed by atoms with Crippen molar-refractivity contribution in [3.05, 3.63) is 59.5 Å². The fraction of sp³-hybridized carbons (Fsp3) is 0.214. The van der Waals surface area contributed by atoms with Crippen LogP contribution in [0.1, 0.15) is 16.9 Å². The number of aryl methyl sites for hydroxylation is 1. The van der Waals surface area contributed by atoms with Crippen LogP contribution < -0.4 is 10.6 Å². The van der Waals surface area contributed by atoms with Gasteiger partial charge in [0, 0.05) is 6.54 Å². The molecule has 0 radical (unpaired) electrons. The van der Waals surface area contributed by atoms with Crippen LogP contribution in [-0.4, -0.2) is 6.03 Å². The number of nitrogens with one attached hydrogen (secondary N) is 2. The van der Waals surface area contributed by atoms with Crippen LogP contribution in [0.5, 0.6) is 0 Å². The maximum Gasteiger partial charge on any atom is 0.315 e. The second-order valence-electron chi connectivity index (χ2n) is 4.10. The summed E-state index contributed by atoms with van der Waals surface area (Å²) in [7, 11) is 0. The number of carbonyl (C=O) groups excluding carboxylic acids is 1. The maximum absolute atomic E-state index is 11.5. The summed E-state index contributed by atoms with van der Waals surface area (Å²) in [6.45, 7) is 2.95. The molecule has 0 bridgehead atoms. The first kappa shape index (κ1) is 12.2. The van der Waals surface area contributed by atoms with Gasteiger partial charge in [0.1, 0.15) is 5.76 Å². The second kappa shape index (κ2) is 5.91. The topological polar surface area (TPSA) is 54.3 Å². The van der Waals surface area contributed by atoms with Crippen LogP contribution in [0.3, 0.4) is 0 Å². The van der Waals surface area contributed by atoms with Gasteiger partial charge < -0.3 is 15.1 Å². The minimum atomic E-state index is -0.202. The summed E-state index contributed by atoms with van der Waals surface area (Å²) >= 11 is 0. The molecule has 1 aromatic carbocycles. The maximum atomic E-state index is 11.5. The minimum Gasteiger partial charge on any atom is -0.467 e. The molecule has 1 aromatic heterocycles. The van der Waals surface area contributed by atoms with Crippen LogP contribution in [0.2, 0.25) is 0 Å². The lowest BCUT2D eigenvalue weighted by atomic mass is 10.1. The van der Waals surface area contributed by atoms with Gasteiger partial charge in [-0.2, -0.15) is 0 Å². The number of rotatable bonds is 4. The molecule has 18 heavy (non-hydrogen) atoms. The molecular formula is C14H16N2O2. The lowest BCUT2D eigenvalue weighted by molar-refractivity contribution is 0.239. The lowest BCUT2D eigenvalue weighted by Gasteiger charge is -2.06. The number of hydrogen-bond donors (Lipinski definition) is 2. The zero-order chi connectivity index (χ0) is 12.8. The van der Waals surface area contributed by atoms with Gasteiger partial charge in [-0.25, -0.2) is 4.79 Å². The van der Waals surface area contributed by atoms with E-state index in [1.165, 1.54) is 5.56 Å². The number of amides is 2. The summed E-state index contributed by atoms with van der Waals surface area (Å²) < 4.78 is 5.12.